The Morgan fingerprint density at radius 2 is 1.68 bits per heavy atom. The molecule has 0 aliphatic rings. The normalized spacial score (nSPS) is 13.3. The van der Waals surface area contributed by atoms with E-state index >= 15 is 0 Å². The number of carbonyl (C=O) groups is 2. The topological polar surface area (TPSA) is 74.0 Å². The van der Waals surface area contributed by atoms with Crippen molar-refractivity contribution in [3.8, 4) is 0 Å². The average Bonchev–Trinajstić information content (AvgIpc) is 3.11. The molecule has 0 aliphatic heterocycles. The van der Waals surface area contributed by atoms with Crippen LogP contribution in [0.1, 0.15) is 37.8 Å². The lowest BCUT2D eigenvalue weighted by molar-refractivity contribution is -0.129. The number of aromatic amines is 1. The van der Waals surface area contributed by atoms with Crippen molar-refractivity contribution in [3.05, 3.63) is 71.9 Å². The number of hydrogen-bond donors (Lipinski definition) is 3. The Labute approximate surface area is 165 Å². The average molecular weight is 377 g/mol. The molecule has 5 heteroatoms. The Morgan fingerprint density at radius 1 is 1.00 bits per heavy atom. The minimum atomic E-state index is -0.545. The van der Waals surface area contributed by atoms with Crippen molar-refractivity contribution in [1.82, 2.24) is 15.6 Å². The molecule has 2 unspecified atom stereocenters. The van der Waals surface area contributed by atoms with E-state index in [9.17, 15) is 9.59 Å². The fraction of sp³-hybridized carbons (Fsp3) is 0.304. The first-order valence-electron chi connectivity index (χ1n) is 9.63. The van der Waals surface area contributed by atoms with Gasteiger partial charge in [0.2, 0.25) is 11.8 Å². The van der Waals surface area contributed by atoms with Gasteiger partial charge in [0.1, 0.15) is 6.04 Å². The molecule has 0 bridgehead atoms. The van der Waals surface area contributed by atoms with Crippen molar-refractivity contribution in [2.75, 3.05) is 6.54 Å². The lowest BCUT2D eigenvalue weighted by atomic mass is 9.90. The molecule has 0 radical (unpaired) electrons. The third kappa shape index (κ3) is 4.42. The molecule has 0 spiro atoms. The molecule has 0 fully saturated rings. The summed E-state index contributed by atoms with van der Waals surface area (Å²) in [6, 6.07) is 17.8. The van der Waals surface area contributed by atoms with Crippen molar-refractivity contribution < 1.29 is 9.59 Å². The van der Waals surface area contributed by atoms with E-state index in [0.717, 1.165) is 22.0 Å². The second-order valence-electron chi connectivity index (χ2n) is 7.42. The number of H-pyrrole nitrogens is 1. The van der Waals surface area contributed by atoms with Crippen LogP contribution in [0.2, 0.25) is 0 Å². The maximum absolute atomic E-state index is 12.8. The van der Waals surface area contributed by atoms with Gasteiger partial charge in [-0.2, -0.15) is 0 Å². The van der Waals surface area contributed by atoms with Crippen LogP contribution in [0.5, 0.6) is 0 Å². The van der Waals surface area contributed by atoms with Crippen molar-refractivity contribution in [2.45, 2.75) is 32.7 Å². The van der Waals surface area contributed by atoms with Gasteiger partial charge in [-0.3, -0.25) is 9.59 Å². The zero-order chi connectivity index (χ0) is 20.1. The molecule has 0 saturated carbocycles. The molecule has 2 aromatic carbocycles. The third-order valence-corrected chi connectivity index (χ3v) is 4.99. The summed E-state index contributed by atoms with van der Waals surface area (Å²) in [6.45, 7) is 5.73. The van der Waals surface area contributed by atoms with E-state index in [1.807, 2.05) is 56.4 Å². The van der Waals surface area contributed by atoms with Crippen molar-refractivity contribution in [1.29, 1.82) is 0 Å². The molecular formula is C23H27N3O2. The van der Waals surface area contributed by atoms with Crippen LogP contribution in [0.15, 0.2) is 60.8 Å². The van der Waals surface area contributed by atoms with Gasteiger partial charge in [-0.25, -0.2) is 0 Å². The molecule has 1 aromatic heterocycles. The Kier molecular flexibility index (Phi) is 6.14. The lowest BCUT2D eigenvalue weighted by Gasteiger charge is -2.23. The molecular weight excluding hydrogens is 350 g/mol. The van der Waals surface area contributed by atoms with Gasteiger partial charge in [-0.1, -0.05) is 62.4 Å². The Morgan fingerprint density at radius 3 is 2.36 bits per heavy atom. The summed E-state index contributed by atoms with van der Waals surface area (Å²) in [7, 11) is 0. The standard InChI is InChI=1S/C23H27N3O2/c1-15(2)22(26-16(3)27)23(28)25-13-19(17-9-5-4-6-10-17)20-14-24-21-12-8-7-11-18(20)21/h4-12,14-15,19,22,24H,13H2,1-3H3,(H,25,28)(H,26,27). The first-order chi connectivity index (χ1) is 13.5. The smallest absolute Gasteiger partial charge is 0.242 e. The third-order valence-electron chi connectivity index (χ3n) is 4.99. The van der Waals surface area contributed by atoms with Crippen LogP contribution < -0.4 is 10.6 Å². The van der Waals surface area contributed by atoms with Crippen LogP contribution >= 0.6 is 0 Å². The van der Waals surface area contributed by atoms with Crippen LogP contribution in [-0.4, -0.2) is 29.4 Å². The summed E-state index contributed by atoms with van der Waals surface area (Å²) < 4.78 is 0. The molecule has 0 saturated heterocycles. The van der Waals surface area contributed by atoms with E-state index in [1.165, 1.54) is 6.92 Å². The predicted molar refractivity (Wildman–Crippen MR) is 112 cm³/mol. The van der Waals surface area contributed by atoms with Gasteiger partial charge in [-0.15, -0.1) is 0 Å². The van der Waals surface area contributed by atoms with Crippen LogP contribution in [0.25, 0.3) is 10.9 Å². The zero-order valence-electron chi connectivity index (χ0n) is 16.5. The first-order valence-corrected chi connectivity index (χ1v) is 9.63. The summed E-state index contributed by atoms with van der Waals surface area (Å²) in [5.74, 6) is -0.352. The molecule has 2 amide bonds. The quantitative estimate of drug-likeness (QED) is 0.589. The van der Waals surface area contributed by atoms with Crippen molar-refractivity contribution >= 4 is 22.7 Å². The van der Waals surface area contributed by atoms with E-state index in [-0.39, 0.29) is 23.7 Å². The number of benzene rings is 2. The van der Waals surface area contributed by atoms with E-state index in [4.69, 9.17) is 0 Å². The van der Waals surface area contributed by atoms with Crippen LogP contribution in [-0.2, 0) is 9.59 Å². The van der Waals surface area contributed by atoms with Gasteiger partial charge < -0.3 is 15.6 Å². The van der Waals surface area contributed by atoms with E-state index < -0.39 is 6.04 Å². The summed E-state index contributed by atoms with van der Waals surface area (Å²) in [5.41, 5.74) is 3.35. The molecule has 0 aliphatic carbocycles. The van der Waals surface area contributed by atoms with Crippen LogP contribution in [0.4, 0.5) is 0 Å². The second-order valence-corrected chi connectivity index (χ2v) is 7.42. The zero-order valence-corrected chi connectivity index (χ0v) is 16.5. The second kappa shape index (κ2) is 8.74. The van der Waals surface area contributed by atoms with Gasteiger partial charge in [-0.05, 0) is 23.1 Å². The maximum atomic E-state index is 12.8. The number of nitrogens with one attached hydrogen (secondary N) is 3. The molecule has 28 heavy (non-hydrogen) atoms. The summed E-state index contributed by atoms with van der Waals surface area (Å²) >= 11 is 0. The highest BCUT2D eigenvalue weighted by atomic mass is 16.2. The highest BCUT2D eigenvalue weighted by Crippen LogP contribution is 2.30. The molecule has 3 rings (SSSR count). The number of para-hydroxylation sites is 1. The van der Waals surface area contributed by atoms with Gasteiger partial charge in [0.25, 0.3) is 0 Å². The summed E-state index contributed by atoms with van der Waals surface area (Å²) in [4.78, 5) is 27.5. The number of carbonyl (C=O) groups excluding carboxylic acids is 2. The Hall–Kier alpha value is -3.08. The van der Waals surface area contributed by atoms with Crippen LogP contribution in [0.3, 0.4) is 0 Å². The molecule has 3 N–H and O–H groups in total. The highest BCUT2D eigenvalue weighted by molar-refractivity contribution is 5.87. The summed E-state index contributed by atoms with van der Waals surface area (Å²) in [5, 5.41) is 6.95. The predicted octanol–water partition coefficient (Wildman–Crippen LogP) is 3.58. The number of rotatable bonds is 7. The molecule has 146 valence electrons. The van der Waals surface area contributed by atoms with E-state index in [2.05, 4.69) is 33.8 Å². The van der Waals surface area contributed by atoms with E-state index in [1.54, 1.807) is 0 Å². The SMILES string of the molecule is CC(=O)NC(C(=O)NCC(c1ccccc1)c1c[nH]c2ccccc12)C(C)C. The van der Waals surface area contributed by atoms with Gasteiger partial charge in [0.05, 0.1) is 0 Å². The fourth-order valence-corrected chi connectivity index (χ4v) is 3.54. The first kappa shape index (κ1) is 19.7. The minimum absolute atomic E-state index is 0.00596. The van der Waals surface area contributed by atoms with Gasteiger partial charge >= 0.3 is 0 Å². The summed E-state index contributed by atoms with van der Waals surface area (Å²) in [6.07, 6.45) is 2.02. The molecule has 5 nitrogen and oxygen atoms in total. The lowest BCUT2D eigenvalue weighted by Crippen LogP contribution is -2.49. The van der Waals surface area contributed by atoms with Crippen LogP contribution in [0, 0.1) is 5.92 Å². The van der Waals surface area contributed by atoms with Crippen molar-refractivity contribution in [3.63, 3.8) is 0 Å². The fourth-order valence-electron chi connectivity index (χ4n) is 3.54. The monoisotopic (exact) mass is 377 g/mol. The Bertz CT molecular complexity index is 947. The van der Waals surface area contributed by atoms with Gasteiger partial charge in [0.15, 0.2) is 0 Å². The highest BCUT2D eigenvalue weighted by Gasteiger charge is 2.25. The number of amides is 2. The molecule has 2 atom stereocenters. The minimum Gasteiger partial charge on any atom is -0.361 e. The Balaban J connectivity index is 1.87. The van der Waals surface area contributed by atoms with Crippen molar-refractivity contribution in [2.24, 2.45) is 5.92 Å². The number of fused-ring (bicyclic) bond motifs is 1. The largest absolute Gasteiger partial charge is 0.361 e. The maximum Gasteiger partial charge on any atom is 0.242 e. The number of aromatic nitrogens is 1. The van der Waals surface area contributed by atoms with E-state index in [0.29, 0.717) is 6.54 Å². The molecule has 3 aromatic rings. The van der Waals surface area contributed by atoms with Gasteiger partial charge in [0, 0.05) is 36.5 Å². The molecule has 1 heterocycles. The number of hydrogen-bond acceptors (Lipinski definition) is 2.